The number of carbonyl (C=O) groups excluding carboxylic acids is 1. The molecule has 0 radical (unpaired) electrons. The maximum Gasteiger partial charge on any atom is 0.340 e. The Morgan fingerprint density at radius 2 is 2.14 bits per heavy atom. The van der Waals surface area contributed by atoms with Crippen LogP contribution in [-0.4, -0.2) is 30.8 Å². The third-order valence-corrected chi connectivity index (χ3v) is 5.51. The lowest BCUT2D eigenvalue weighted by Crippen LogP contribution is -2.40. The van der Waals surface area contributed by atoms with Crippen LogP contribution in [0, 0.1) is 6.92 Å². The highest BCUT2D eigenvalue weighted by molar-refractivity contribution is 5.87. The molecule has 1 unspecified atom stereocenters. The van der Waals surface area contributed by atoms with Crippen molar-refractivity contribution in [3.63, 3.8) is 0 Å². The summed E-state index contributed by atoms with van der Waals surface area (Å²) < 4.78 is 21.7. The summed E-state index contributed by atoms with van der Waals surface area (Å²) in [5.74, 6) is 1.15. The van der Waals surface area contributed by atoms with Crippen LogP contribution >= 0.6 is 0 Å². The van der Waals surface area contributed by atoms with Crippen molar-refractivity contribution < 1.29 is 23.1 Å². The Morgan fingerprint density at radius 3 is 2.86 bits per heavy atom. The minimum Gasteiger partial charge on any atom is -0.478 e. The molecule has 0 amide bonds. The normalized spacial score (nSPS) is 15.0. The van der Waals surface area contributed by atoms with E-state index in [1.807, 2.05) is 31.2 Å². The Kier molecular flexibility index (Phi) is 5.15. The molecule has 0 spiro atoms. The molecule has 1 aromatic carbocycles. The molecule has 0 bridgehead atoms. The molecule has 0 saturated heterocycles. The van der Waals surface area contributed by atoms with Crippen molar-refractivity contribution in [2.75, 3.05) is 13.8 Å². The average Bonchev–Trinajstić information content (AvgIpc) is 3.23. The summed E-state index contributed by atoms with van der Waals surface area (Å²) in [7, 11) is 1.30. The molecule has 29 heavy (non-hydrogen) atoms. The van der Waals surface area contributed by atoms with Crippen LogP contribution in [0.4, 0.5) is 0 Å². The van der Waals surface area contributed by atoms with E-state index in [1.165, 1.54) is 7.11 Å². The quantitative estimate of drug-likeness (QED) is 0.483. The molecule has 0 N–H and O–H groups in total. The van der Waals surface area contributed by atoms with Crippen LogP contribution in [0.15, 0.2) is 44.2 Å². The average molecular weight is 397 g/mol. The fourth-order valence-corrected chi connectivity index (χ4v) is 3.73. The number of aryl methyl sites for hydroxylation is 1. The predicted molar refractivity (Wildman–Crippen MR) is 106 cm³/mol. The molecule has 3 aromatic rings. The topological polar surface area (TPSA) is 82.1 Å². The first-order chi connectivity index (χ1) is 14.0. The van der Waals surface area contributed by atoms with E-state index in [0.29, 0.717) is 30.2 Å². The van der Waals surface area contributed by atoms with Gasteiger partial charge in [-0.3, -0.25) is 9.69 Å². The largest absolute Gasteiger partial charge is 0.478 e. The summed E-state index contributed by atoms with van der Waals surface area (Å²) in [5.41, 5.74) is 1.88. The molecule has 0 aliphatic carbocycles. The van der Waals surface area contributed by atoms with Gasteiger partial charge in [0.25, 0.3) is 0 Å². The third-order valence-electron chi connectivity index (χ3n) is 5.51. The van der Waals surface area contributed by atoms with Crippen LogP contribution in [0.5, 0.6) is 5.75 Å². The molecule has 0 fully saturated rings. The van der Waals surface area contributed by atoms with E-state index in [1.54, 1.807) is 6.26 Å². The lowest BCUT2D eigenvalue weighted by atomic mass is 10.00. The van der Waals surface area contributed by atoms with Crippen molar-refractivity contribution >= 4 is 16.9 Å². The molecule has 2 aromatic heterocycles. The van der Waals surface area contributed by atoms with Gasteiger partial charge in [0.05, 0.1) is 30.9 Å². The minimum atomic E-state index is -0.519. The van der Waals surface area contributed by atoms with Crippen LogP contribution in [0.2, 0.25) is 0 Å². The molecule has 1 atom stereocenters. The monoisotopic (exact) mass is 397 g/mol. The lowest BCUT2D eigenvalue weighted by Gasteiger charge is -2.33. The second-order valence-corrected chi connectivity index (χ2v) is 7.32. The fraction of sp³-hybridized carbons (Fsp3) is 0.364. The first-order valence-electron chi connectivity index (χ1n) is 9.52. The Morgan fingerprint density at radius 1 is 1.31 bits per heavy atom. The molecule has 1 aliphatic heterocycles. The number of ether oxygens (including phenoxy) is 2. The van der Waals surface area contributed by atoms with E-state index >= 15 is 0 Å². The van der Waals surface area contributed by atoms with Crippen molar-refractivity contribution in [1.82, 2.24) is 4.90 Å². The van der Waals surface area contributed by atoms with E-state index in [0.717, 1.165) is 28.7 Å². The zero-order valence-electron chi connectivity index (χ0n) is 16.7. The van der Waals surface area contributed by atoms with E-state index in [4.69, 9.17) is 18.3 Å². The van der Waals surface area contributed by atoms with Gasteiger partial charge in [0, 0.05) is 24.4 Å². The Labute approximate surface area is 167 Å². The number of carbonyl (C=O) groups is 1. The number of rotatable bonds is 5. The SMILES string of the molecule is COC(=O)Cc1c(C)c2ccc3c(c2oc1=O)CN(C(C)Cc1ccco1)CO3. The van der Waals surface area contributed by atoms with Gasteiger partial charge in [0.2, 0.25) is 0 Å². The number of benzene rings is 1. The van der Waals surface area contributed by atoms with Gasteiger partial charge in [0.1, 0.15) is 23.8 Å². The Hall–Kier alpha value is -3.06. The molecule has 3 heterocycles. The van der Waals surface area contributed by atoms with Gasteiger partial charge in [-0.25, -0.2) is 4.79 Å². The summed E-state index contributed by atoms with van der Waals surface area (Å²) in [6, 6.07) is 7.77. The standard InChI is InChI=1S/C22H23NO6/c1-13(9-15-5-4-8-27-15)23-11-18-19(28-12-23)7-6-16-14(2)17(10-20(24)26-3)22(25)29-21(16)18/h4-8,13H,9-12H2,1-3H3. The first-order valence-corrected chi connectivity index (χ1v) is 9.52. The van der Waals surface area contributed by atoms with Crippen LogP contribution in [0.1, 0.15) is 29.4 Å². The summed E-state index contributed by atoms with van der Waals surface area (Å²) >= 11 is 0. The Bertz CT molecular complexity index is 1100. The molecule has 1 aliphatic rings. The molecule has 7 nitrogen and oxygen atoms in total. The van der Waals surface area contributed by atoms with Gasteiger partial charge in [-0.05, 0) is 43.7 Å². The van der Waals surface area contributed by atoms with Gasteiger partial charge in [-0.1, -0.05) is 0 Å². The molecule has 0 saturated carbocycles. The predicted octanol–water partition coefficient (Wildman–Crippen LogP) is 3.19. The number of furan rings is 1. The third kappa shape index (κ3) is 3.65. The molecule has 4 rings (SSSR count). The highest BCUT2D eigenvalue weighted by atomic mass is 16.5. The number of fused-ring (bicyclic) bond motifs is 3. The van der Waals surface area contributed by atoms with Crippen molar-refractivity contribution in [3.8, 4) is 5.75 Å². The van der Waals surface area contributed by atoms with Gasteiger partial charge in [-0.15, -0.1) is 0 Å². The highest BCUT2D eigenvalue weighted by Gasteiger charge is 2.26. The summed E-state index contributed by atoms with van der Waals surface area (Å²) in [4.78, 5) is 26.4. The summed E-state index contributed by atoms with van der Waals surface area (Å²) in [6.45, 7) is 4.97. The van der Waals surface area contributed by atoms with E-state index in [2.05, 4.69) is 11.8 Å². The van der Waals surface area contributed by atoms with Crippen LogP contribution < -0.4 is 10.4 Å². The highest BCUT2D eigenvalue weighted by Crippen LogP contribution is 2.34. The minimum absolute atomic E-state index is 0.111. The zero-order chi connectivity index (χ0) is 20.5. The second kappa shape index (κ2) is 7.75. The van der Waals surface area contributed by atoms with Crippen molar-refractivity contribution in [2.24, 2.45) is 0 Å². The number of hydrogen-bond donors (Lipinski definition) is 0. The summed E-state index contributed by atoms with van der Waals surface area (Å²) in [6.07, 6.45) is 2.31. The molecule has 7 heteroatoms. The van der Waals surface area contributed by atoms with Crippen molar-refractivity contribution in [2.45, 2.75) is 39.3 Å². The molecular formula is C22H23NO6. The fourth-order valence-electron chi connectivity index (χ4n) is 3.73. The second-order valence-electron chi connectivity index (χ2n) is 7.32. The number of esters is 1. The first kappa shape index (κ1) is 19.3. The van der Waals surface area contributed by atoms with Crippen molar-refractivity contribution in [3.05, 3.63) is 63.4 Å². The number of hydrogen-bond acceptors (Lipinski definition) is 7. The number of nitrogens with zero attached hydrogens (tertiary/aromatic N) is 1. The smallest absolute Gasteiger partial charge is 0.340 e. The summed E-state index contributed by atoms with van der Waals surface area (Å²) in [5, 5.41) is 0.798. The van der Waals surface area contributed by atoms with Crippen LogP contribution in [0.25, 0.3) is 11.0 Å². The van der Waals surface area contributed by atoms with Gasteiger partial charge in [-0.2, -0.15) is 0 Å². The van der Waals surface area contributed by atoms with E-state index in [-0.39, 0.29) is 12.5 Å². The Balaban J connectivity index is 1.69. The maximum atomic E-state index is 12.6. The van der Waals surface area contributed by atoms with Gasteiger partial charge in [0.15, 0.2) is 0 Å². The molecular weight excluding hydrogens is 374 g/mol. The van der Waals surface area contributed by atoms with Crippen LogP contribution in [-0.2, 0) is 28.9 Å². The van der Waals surface area contributed by atoms with Gasteiger partial charge >= 0.3 is 11.6 Å². The van der Waals surface area contributed by atoms with Gasteiger partial charge < -0.3 is 18.3 Å². The zero-order valence-corrected chi connectivity index (χ0v) is 16.7. The lowest BCUT2D eigenvalue weighted by molar-refractivity contribution is -0.139. The molecule has 152 valence electrons. The van der Waals surface area contributed by atoms with Crippen LogP contribution in [0.3, 0.4) is 0 Å². The van der Waals surface area contributed by atoms with Crippen molar-refractivity contribution in [1.29, 1.82) is 0 Å². The number of methoxy groups -OCH3 is 1. The van der Waals surface area contributed by atoms with E-state index in [9.17, 15) is 9.59 Å². The van der Waals surface area contributed by atoms with E-state index < -0.39 is 11.6 Å². The maximum absolute atomic E-state index is 12.6.